The Morgan fingerprint density at radius 2 is 1.90 bits per heavy atom. The first kappa shape index (κ1) is 21.1. The van der Waals surface area contributed by atoms with Crippen LogP contribution < -0.4 is 16.8 Å². The molecule has 10 nitrogen and oxygen atoms in total. The van der Waals surface area contributed by atoms with Gasteiger partial charge in [-0.1, -0.05) is 24.4 Å². The van der Waals surface area contributed by atoms with Gasteiger partial charge in [0, 0.05) is 30.8 Å². The lowest BCUT2D eigenvalue weighted by molar-refractivity contribution is -0.131. The van der Waals surface area contributed by atoms with Crippen molar-refractivity contribution in [2.24, 2.45) is 16.6 Å². The standard InChI is InChI=1S/C21H29N7O3/c1-2-28-20-15(12-25-28)19(26-13-6-4-3-5-7-13)14(11-24-20)16-8-21(31-27-16,9-17(22)29)10-18(23)30/h11-13H,2-10H2,1H3,(H2,22,29)(H2,23,30)(H,24,26). The molecule has 0 radical (unpaired) electrons. The number of rotatable bonds is 8. The van der Waals surface area contributed by atoms with E-state index in [0.29, 0.717) is 18.3 Å². The van der Waals surface area contributed by atoms with Crippen molar-refractivity contribution in [2.45, 2.75) is 76.5 Å². The number of carbonyl (C=O) groups excluding carboxylic acids is 2. The maximum atomic E-state index is 11.6. The quantitative estimate of drug-likeness (QED) is 0.584. The lowest BCUT2D eigenvalue weighted by Gasteiger charge is -2.26. The fraction of sp³-hybridized carbons (Fsp3) is 0.571. The maximum Gasteiger partial charge on any atom is 0.221 e. The van der Waals surface area contributed by atoms with Crippen LogP contribution in [0.5, 0.6) is 0 Å². The van der Waals surface area contributed by atoms with Gasteiger partial charge in [0.1, 0.15) is 0 Å². The Balaban J connectivity index is 1.71. The SMILES string of the molecule is CCn1ncc2c(NC3CCCCC3)c(C3=NOC(CC(N)=O)(CC(N)=O)C3)cnc21. The second-order valence-corrected chi connectivity index (χ2v) is 8.50. The second kappa shape index (κ2) is 8.52. The summed E-state index contributed by atoms with van der Waals surface area (Å²) in [5.74, 6) is -1.15. The summed E-state index contributed by atoms with van der Waals surface area (Å²) in [4.78, 5) is 33.5. The van der Waals surface area contributed by atoms with Crippen LogP contribution in [0.2, 0.25) is 0 Å². The van der Waals surface area contributed by atoms with Gasteiger partial charge in [0.2, 0.25) is 11.8 Å². The Kier molecular flexibility index (Phi) is 5.79. The molecule has 1 aliphatic carbocycles. The van der Waals surface area contributed by atoms with Crippen molar-refractivity contribution in [3.05, 3.63) is 18.0 Å². The summed E-state index contributed by atoms with van der Waals surface area (Å²) in [6, 6.07) is 0.354. The van der Waals surface area contributed by atoms with Crippen molar-refractivity contribution in [3.8, 4) is 0 Å². The highest BCUT2D eigenvalue weighted by Gasteiger charge is 2.43. The van der Waals surface area contributed by atoms with E-state index in [4.69, 9.17) is 16.3 Å². The van der Waals surface area contributed by atoms with Crippen molar-refractivity contribution in [1.82, 2.24) is 14.8 Å². The molecule has 1 aliphatic heterocycles. The molecule has 0 bridgehead atoms. The molecule has 0 unspecified atom stereocenters. The highest BCUT2D eigenvalue weighted by Crippen LogP contribution is 2.37. The number of nitrogens with zero attached hydrogens (tertiary/aromatic N) is 4. The molecule has 0 atom stereocenters. The molecule has 0 aromatic carbocycles. The van der Waals surface area contributed by atoms with Crippen molar-refractivity contribution >= 4 is 34.2 Å². The molecule has 3 heterocycles. The van der Waals surface area contributed by atoms with Crippen LogP contribution in [0.3, 0.4) is 0 Å². The summed E-state index contributed by atoms with van der Waals surface area (Å²) in [6.07, 6.45) is 9.38. The third-order valence-electron chi connectivity index (χ3n) is 6.06. The largest absolute Gasteiger partial charge is 0.387 e. The molecule has 31 heavy (non-hydrogen) atoms. The van der Waals surface area contributed by atoms with Crippen LogP contribution >= 0.6 is 0 Å². The first-order chi connectivity index (χ1) is 14.9. The first-order valence-corrected chi connectivity index (χ1v) is 10.8. The number of oxime groups is 1. The monoisotopic (exact) mass is 427 g/mol. The van der Waals surface area contributed by atoms with Crippen molar-refractivity contribution in [1.29, 1.82) is 0 Å². The third kappa shape index (κ3) is 4.33. The van der Waals surface area contributed by atoms with E-state index >= 15 is 0 Å². The number of hydrogen-bond acceptors (Lipinski definition) is 7. The predicted molar refractivity (Wildman–Crippen MR) is 116 cm³/mol. The van der Waals surface area contributed by atoms with Gasteiger partial charge in [0.25, 0.3) is 0 Å². The van der Waals surface area contributed by atoms with Gasteiger partial charge in [-0.2, -0.15) is 5.10 Å². The van der Waals surface area contributed by atoms with Crippen LogP contribution in [0, 0.1) is 0 Å². The van der Waals surface area contributed by atoms with E-state index in [0.717, 1.165) is 35.1 Å². The minimum absolute atomic E-state index is 0.141. The van der Waals surface area contributed by atoms with E-state index in [2.05, 4.69) is 20.6 Å². The minimum Gasteiger partial charge on any atom is -0.387 e. The lowest BCUT2D eigenvalue weighted by Crippen LogP contribution is -2.39. The Morgan fingerprint density at radius 3 is 2.55 bits per heavy atom. The van der Waals surface area contributed by atoms with Crippen molar-refractivity contribution < 1.29 is 14.4 Å². The summed E-state index contributed by atoms with van der Waals surface area (Å²) >= 11 is 0. The van der Waals surface area contributed by atoms with Gasteiger partial charge in [-0.3, -0.25) is 9.59 Å². The number of hydrogen-bond donors (Lipinski definition) is 3. The summed E-state index contributed by atoms with van der Waals surface area (Å²) in [5.41, 5.74) is 12.8. The van der Waals surface area contributed by atoms with Crippen LogP contribution in [0.1, 0.15) is 63.9 Å². The zero-order chi connectivity index (χ0) is 22.0. The van der Waals surface area contributed by atoms with Gasteiger partial charge >= 0.3 is 0 Å². The second-order valence-electron chi connectivity index (χ2n) is 8.50. The number of anilines is 1. The molecule has 1 saturated carbocycles. The molecule has 2 amide bonds. The van der Waals surface area contributed by atoms with Crippen LogP contribution in [0.15, 0.2) is 17.5 Å². The number of nitrogens with one attached hydrogen (secondary N) is 1. The molecule has 2 aliphatic rings. The fourth-order valence-electron chi connectivity index (χ4n) is 4.64. The molecule has 0 spiro atoms. The minimum atomic E-state index is -1.16. The first-order valence-electron chi connectivity index (χ1n) is 10.8. The number of aryl methyl sites for hydroxylation is 1. The zero-order valence-corrected chi connectivity index (χ0v) is 17.8. The number of primary amides is 2. The molecule has 1 fully saturated rings. The van der Waals surface area contributed by atoms with Crippen LogP contribution in [0.4, 0.5) is 5.69 Å². The molecule has 4 rings (SSSR count). The van der Waals surface area contributed by atoms with Crippen LogP contribution in [-0.2, 0) is 21.0 Å². The van der Waals surface area contributed by atoms with Gasteiger partial charge in [-0.25, -0.2) is 9.67 Å². The molecule has 5 N–H and O–H groups in total. The highest BCUT2D eigenvalue weighted by molar-refractivity contribution is 6.11. The van der Waals surface area contributed by atoms with Gasteiger partial charge < -0.3 is 21.6 Å². The fourth-order valence-corrected chi connectivity index (χ4v) is 4.64. The molecule has 0 saturated heterocycles. The Labute approximate surface area is 180 Å². The van der Waals surface area contributed by atoms with Crippen LogP contribution in [-0.4, -0.2) is 43.9 Å². The number of amides is 2. The molecule has 2 aromatic rings. The van der Waals surface area contributed by atoms with E-state index in [1.807, 2.05) is 17.8 Å². The van der Waals surface area contributed by atoms with Crippen molar-refractivity contribution in [2.75, 3.05) is 5.32 Å². The zero-order valence-electron chi connectivity index (χ0n) is 17.8. The summed E-state index contributed by atoms with van der Waals surface area (Å²) in [7, 11) is 0. The Hall–Kier alpha value is -3.17. The smallest absolute Gasteiger partial charge is 0.221 e. The van der Waals surface area contributed by atoms with E-state index in [1.54, 1.807) is 6.20 Å². The van der Waals surface area contributed by atoms with E-state index in [9.17, 15) is 9.59 Å². The number of fused-ring (bicyclic) bond motifs is 1. The predicted octanol–water partition coefficient (Wildman–Crippen LogP) is 1.81. The summed E-state index contributed by atoms with van der Waals surface area (Å²) < 4.78 is 1.85. The molecular weight excluding hydrogens is 398 g/mol. The maximum absolute atomic E-state index is 11.6. The van der Waals surface area contributed by atoms with E-state index in [-0.39, 0.29) is 19.3 Å². The normalized spacial score (nSPS) is 18.5. The number of carbonyl (C=O) groups is 2. The molecular formula is C21H29N7O3. The highest BCUT2D eigenvalue weighted by atomic mass is 16.7. The molecule has 10 heteroatoms. The molecule has 2 aromatic heterocycles. The lowest BCUT2D eigenvalue weighted by atomic mass is 9.87. The Morgan fingerprint density at radius 1 is 1.19 bits per heavy atom. The number of pyridine rings is 1. The number of nitrogens with two attached hydrogens (primary N) is 2. The topological polar surface area (TPSA) is 151 Å². The average molecular weight is 428 g/mol. The third-order valence-corrected chi connectivity index (χ3v) is 6.06. The summed E-state index contributed by atoms with van der Waals surface area (Å²) in [6.45, 7) is 2.73. The number of aromatic nitrogens is 3. The molecule has 166 valence electrons. The summed E-state index contributed by atoms with van der Waals surface area (Å²) in [5, 5.41) is 13.3. The van der Waals surface area contributed by atoms with Crippen molar-refractivity contribution in [3.63, 3.8) is 0 Å². The van der Waals surface area contributed by atoms with E-state index < -0.39 is 17.4 Å². The average Bonchev–Trinajstić information content (AvgIpc) is 3.32. The Bertz CT molecular complexity index is 1010. The van der Waals surface area contributed by atoms with E-state index in [1.165, 1.54) is 19.3 Å². The van der Waals surface area contributed by atoms with Gasteiger partial charge in [0.05, 0.1) is 35.8 Å². The van der Waals surface area contributed by atoms with Crippen LogP contribution in [0.25, 0.3) is 11.0 Å². The van der Waals surface area contributed by atoms with Gasteiger partial charge in [-0.05, 0) is 19.8 Å². The van der Waals surface area contributed by atoms with Gasteiger partial charge in [-0.15, -0.1) is 0 Å². The van der Waals surface area contributed by atoms with Gasteiger partial charge in [0.15, 0.2) is 11.2 Å².